The molecule has 40 heavy (non-hydrogen) atoms. The summed E-state index contributed by atoms with van der Waals surface area (Å²) in [5, 5.41) is 6.91. The molecule has 8 heteroatoms. The van der Waals surface area contributed by atoms with E-state index in [0.717, 1.165) is 33.3 Å². The Kier molecular flexibility index (Phi) is 6.62. The lowest BCUT2D eigenvalue weighted by molar-refractivity contribution is -0.133. The maximum Gasteiger partial charge on any atom is 0.255 e. The molecule has 0 spiro atoms. The molecule has 0 unspecified atom stereocenters. The predicted octanol–water partition coefficient (Wildman–Crippen LogP) is 4.62. The molecular weight excluding hydrogens is 507 g/mol. The third kappa shape index (κ3) is 4.33. The Bertz CT molecular complexity index is 1610. The van der Waals surface area contributed by atoms with Gasteiger partial charge in [0.1, 0.15) is 17.9 Å². The average Bonchev–Trinajstić information content (AvgIpc) is 3.50. The highest BCUT2D eigenvalue weighted by atomic mass is 19.1. The zero-order valence-corrected chi connectivity index (χ0v) is 22.4. The molecule has 0 fully saturated rings. The van der Waals surface area contributed by atoms with E-state index in [9.17, 15) is 18.8 Å². The maximum absolute atomic E-state index is 14.0. The van der Waals surface area contributed by atoms with Crippen LogP contribution < -0.4 is 10.6 Å². The molecule has 6 rings (SSSR count). The van der Waals surface area contributed by atoms with Gasteiger partial charge in [0.05, 0.1) is 6.04 Å². The SMILES string of the molecule is CC[C@@H](C)[C@H](NC(=O)[C@@H]1Cc2c([nH]c3ccccc23)[C@H]2c3ccccc3C(=O)N21)C(=O)NCc1ccc(F)cc1. The average molecular weight is 539 g/mol. The van der Waals surface area contributed by atoms with Gasteiger partial charge in [-0.25, -0.2) is 4.39 Å². The summed E-state index contributed by atoms with van der Waals surface area (Å²) >= 11 is 0. The van der Waals surface area contributed by atoms with Crippen molar-refractivity contribution in [1.29, 1.82) is 0 Å². The first kappa shape index (κ1) is 25.8. The van der Waals surface area contributed by atoms with E-state index in [1.165, 1.54) is 12.1 Å². The topological polar surface area (TPSA) is 94.3 Å². The zero-order chi connectivity index (χ0) is 28.0. The molecule has 0 aliphatic carbocycles. The number of hydrogen-bond donors (Lipinski definition) is 3. The van der Waals surface area contributed by atoms with E-state index in [1.807, 2.05) is 56.3 Å². The molecule has 3 aromatic carbocycles. The summed E-state index contributed by atoms with van der Waals surface area (Å²) in [6.07, 6.45) is 1.01. The maximum atomic E-state index is 14.0. The van der Waals surface area contributed by atoms with E-state index >= 15 is 0 Å². The number of carbonyl (C=O) groups is 3. The fourth-order valence-corrected chi connectivity index (χ4v) is 5.99. The van der Waals surface area contributed by atoms with Crippen molar-refractivity contribution in [2.75, 3.05) is 0 Å². The number of benzene rings is 3. The summed E-state index contributed by atoms with van der Waals surface area (Å²) in [7, 11) is 0. The number of aromatic nitrogens is 1. The fraction of sp³-hybridized carbons (Fsp3) is 0.281. The van der Waals surface area contributed by atoms with Gasteiger partial charge >= 0.3 is 0 Å². The number of H-pyrrole nitrogens is 1. The van der Waals surface area contributed by atoms with Crippen LogP contribution in [-0.4, -0.2) is 39.7 Å². The van der Waals surface area contributed by atoms with Crippen molar-refractivity contribution in [2.24, 2.45) is 5.92 Å². The standard InChI is InChI=1S/C32H31FN4O3/c1-3-18(2)27(31(39)34-17-19-12-14-20(33)15-13-19)36-30(38)26-16-24-21-8-6-7-11-25(21)35-28(24)29-22-9-4-5-10-23(22)32(40)37(26)29/h4-15,18,26-27,29,35H,3,16-17H2,1-2H3,(H,34,39)(H,36,38)/t18-,26+,27+,29-/m1/s1. The monoisotopic (exact) mass is 538 g/mol. The summed E-state index contributed by atoms with van der Waals surface area (Å²) in [5.41, 5.74) is 5.12. The second kappa shape index (κ2) is 10.3. The highest BCUT2D eigenvalue weighted by molar-refractivity contribution is 6.04. The van der Waals surface area contributed by atoms with E-state index < -0.39 is 18.1 Å². The van der Waals surface area contributed by atoms with Crippen LogP contribution in [0.4, 0.5) is 4.39 Å². The number of fused-ring (bicyclic) bond motifs is 7. The van der Waals surface area contributed by atoms with Crippen LogP contribution in [-0.2, 0) is 22.6 Å². The molecule has 3 amide bonds. The van der Waals surface area contributed by atoms with Gasteiger partial charge in [-0.3, -0.25) is 14.4 Å². The molecular formula is C32H31FN4O3. The van der Waals surface area contributed by atoms with Gasteiger partial charge in [0, 0.05) is 35.1 Å². The van der Waals surface area contributed by atoms with Crippen molar-refractivity contribution < 1.29 is 18.8 Å². The number of halogens is 1. The second-order valence-corrected chi connectivity index (χ2v) is 10.7. The van der Waals surface area contributed by atoms with Gasteiger partial charge < -0.3 is 20.5 Å². The Labute approximate surface area is 231 Å². The predicted molar refractivity (Wildman–Crippen MR) is 150 cm³/mol. The van der Waals surface area contributed by atoms with Crippen molar-refractivity contribution in [3.05, 3.63) is 107 Å². The smallest absolute Gasteiger partial charge is 0.255 e. The molecule has 0 saturated heterocycles. The first-order valence-corrected chi connectivity index (χ1v) is 13.7. The number of para-hydroxylation sites is 1. The summed E-state index contributed by atoms with van der Waals surface area (Å²) in [4.78, 5) is 46.2. The Morgan fingerprint density at radius 2 is 1.77 bits per heavy atom. The summed E-state index contributed by atoms with van der Waals surface area (Å²) in [6.45, 7) is 4.10. The number of nitrogens with one attached hydrogen (secondary N) is 3. The molecule has 3 heterocycles. The lowest BCUT2D eigenvalue weighted by atomic mass is 9.89. The van der Waals surface area contributed by atoms with Crippen LogP contribution in [0.5, 0.6) is 0 Å². The molecule has 2 aliphatic heterocycles. The third-order valence-corrected chi connectivity index (χ3v) is 8.33. The van der Waals surface area contributed by atoms with Gasteiger partial charge in [-0.1, -0.05) is 68.8 Å². The van der Waals surface area contributed by atoms with Gasteiger partial charge in [0.25, 0.3) is 5.91 Å². The van der Waals surface area contributed by atoms with E-state index in [-0.39, 0.29) is 36.0 Å². The molecule has 0 saturated carbocycles. The molecule has 3 N–H and O–H groups in total. The Morgan fingerprint density at radius 1 is 1.05 bits per heavy atom. The van der Waals surface area contributed by atoms with E-state index in [2.05, 4.69) is 15.6 Å². The molecule has 2 aliphatic rings. The van der Waals surface area contributed by atoms with E-state index in [1.54, 1.807) is 23.1 Å². The van der Waals surface area contributed by atoms with Crippen molar-refractivity contribution in [1.82, 2.24) is 20.5 Å². The van der Waals surface area contributed by atoms with Gasteiger partial charge in [-0.05, 0) is 46.9 Å². The van der Waals surface area contributed by atoms with Crippen LogP contribution in [0.25, 0.3) is 10.9 Å². The number of nitrogens with zero attached hydrogens (tertiary/aromatic N) is 1. The molecule has 204 valence electrons. The highest BCUT2D eigenvalue weighted by Crippen LogP contribution is 2.46. The van der Waals surface area contributed by atoms with E-state index in [0.29, 0.717) is 18.4 Å². The van der Waals surface area contributed by atoms with Crippen molar-refractivity contribution in [3.63, 3.8) is 0 Å². The van der Waals surface area contributed by atoms with Gasteiger partial charge in [-0.2, -0.15) is 0 Å². The lowest BCUT2D eigenvalue weighted by Gasteiger charge is -2.38. The zero-order valence-electron chi connectivity index (χ0n) is 22.4. The first-order chi connectivity index (χ1) is 19.4. The van der Waals surface area contributed by atoms with Crippen LogP contribution in [0.2, 0.25) is 0 Å². The lowest BCUT2D eigenvalue weighted by Crippen LogP contribution is -2.58. The van der Waals surface area contributed by atoms with Crippen LogP contribution in [0.3, 0.4) is 0 Å². The Morgan fingerprint density at radius 3 is 2.55 bits per heavy atom. The van der Waals surface area contributed by atoms with Gasteiger partial charge in [-0.15, -0.1) is 0 Å². The van der Waals surface area contributed by atoms with Crippen molar-refractivity contribution in [3.8, 4) is 0 Å². The van der Waals surface area contributed by atoms with Crippen LogP contribution in [0.1, 0.15) is 59.1 Å². The summed E-state index contributed by atoms with van der Waals surface area (Å²) in [6, 6.07) is 19.4. The molecule has 0 radical (unpaired) electrons. The van der Waals surface area contributed by atoms with Crippen LogP contribution in [0.15, 0.2) is 72.8 Å². The molecule has 4 aromatic rings. The van der Waals surface area contributed by atoms with Crippen molar-refractivity contribution in [2.45, 2.75) is 51.4 Å². The quantitative estimate of drug-likeness (QED) is 0.320. The van der Waals surface area contributed by atoms with Crippen LogP contribution >= 0.6 is 0 Å². The number of hydrogen-bond acceptors (Lipinski definition) is 3. The van der Waals surface area contributed by atoms with E-state index in [4.69, 9.17) is 0 Å². The minimum absolute atomic E-state index is 0.147. The molecule has 4 atom stereocenters. The number of carbonyl (C=O) groups excluding carboxylic acids is 3. The Hall–Kier alpha value is -4.46. The van der Waals surface area contributed by atoms with Crippen LogP contribution in [0, 0.1) is 11.7 Å². The van der Waals surface area contributed by atoms with Crippen molar-refractivity contribution >= 4 is 28.6 Å². The minimum atomic E-state index is -0.791. The number of amides is 3. The number of rotatable bonds is 7. The fourth-order valence-electron chi connectivity index (χ4n) is 5.99. The minimum Gasteiger partial charge on any atom is -0.356 e. The summed E-state index contributed by atoms with van der Waals surface area (Å²) < 4.78 is 13.3. The first-order valence-electron chi connectivity index (χ1n) is 13.7. The normalized spacial score (nSPS) is 19.0. The number of aromatic amines is 1. The Balaban J connectivity index is 1.31. The second-order valence-electron chi connectivity index (χ2n) is 10.7. The van der Waals surface area contributed by atoms with Gasteiger partial charge in [0.2, 0.25) is 11.8 Å². The molecule has 1 aromatic heterocycles. The molecule has 7 nitrogen and oxygen atoms in total. The largest absolute Gasteiger partial charge is 0.356 e. The third-order valence-electron chi connectivity index (χ3n) is 8.33. The summed E-state index contributed by atoms with van der Waals surface area (Å²) in [5.74, 6) is -1.35. The highest BCUT2D eigenvalue weighted by Gasteiger charge is 2.49. The molecule has 0 bridgehead atoms. The van der Waals surface area contributed by atoms with Gasteiger partial charge in [0.15, 0.2) is 0 Å².